The number of aryl methyl sites for hydroxylation is 1. The van der Waals surface area contributed by atoms with E-state index in [0.717, 1.165) is 22.7 Å². The molecule has 2 aromatic carbocycles. The smallest absolute Gasteiger partial charge is 0.355 e. The molecule has 0 bridgehead atoms. The van der Waals surface area contributed by atoms with Crippen molar-refractivity contribution < 1.29 is 27.8 Å². The first-order valence-corrected chi connectivity index (χ1v) is 12.5. The number of hydrogen-bond donors (Lipinski definition) is 4. The standard InChI is InChI=1S/C23H29N3O6S.ClH/c1-4-31-23(28)22-15(2)19-9-8-18(13-20(19)25-22)32-11-10-24-14-21(27)16-6-5-7-17(12-16)26-33(3,29)30;/h5-9,12-13,21,24-27H,4,10-11,14H2,1-3H3;1H/t21-;/m0./s1. The molecule has 3 aromatic rings. The molecule has 0 saturated carbocycles. The highest BCUT2D eigenvalue weighted by molar-refractivity contribution is 7.92. The second-order valence-corrected chi connectivity index (χ2v) is 9.37. The maximum Gasteiger partial charge on any atom is 0.355 e. The maximum absolute atomic E-state index is 12.1. The monoisotopic (exact) mass is 511 g/mol. The Bertz CT molecular complexity index is 1230. The van der Waals surface area contributed by atoms with Gasteiger partial charge in [0.05, 0.1) is 24.5 Å². The normalized spacial score (nSPS) is 12.1. The summed E-state index contributed by atoms with van der Waals surface area (Å²) < 4.78 is 36.0. The molecule has 0 aliphatic rings. The van der Waals surface area contributed by atoms with Gasteiger partial charge < -0.3 is 24.9 Å². The number of benzene rings is 2. The summed E-state index contributed by atoms with van der Waals surface area (Å²) >= 11 is 0. The van der Waals surface area contributed by atoms with E-state index in [1.807, 2.05) is 25.1 Å². The van der Waals surface area contributed by atoms with E-state index in [4.69, 9.17) is 9.47 Å². The van der Waals surface area contributed by atoms with Crippen molar-refractivity contribution in [2.45, 2.75) is 20.0 Å². The Morgan fingerprint density at radius 1 is 1.21 bits per heavy atom. The van der Waals surface area contributed by atoms with Gasteiger partial charge in [0.25, 0.3) is 0 Å². The zero-order valence-electron chi connectivity index (χ0n) is 19.3. The molecule has 1 atom stereocenters. The number of H-pyrrole nitrogens is 1. The fraction of sp³-hybridized carbons (Fsp3) is 0.348. The minimum atomic E-state index is -3.38. The predicted octanol–water partition coefficient (Wildman–Crippen LogP) is 3.15. The van der Waals surface area contributed by atoms with Crippen molar-refractivity contribution in [3.63, 3.8) is 0 Å². The first-order valence-electron chi connectivity index (χ1n) is 10.6. The van der Waals surface area contributed by atoms with Crippen molar-refractivity contribution in [1.82, 2.24) is 10.3 Å². The molecule has 0 spiro atoms. The van der Waals surface area contributed by atoms with Crippen molar-refractivity contribution in [1.29, 1.82) is 0 Å². The predicted molar refractivity (Wildman–Crippen MR) is 134 cm³/mol. The lowest BCUT2D eigenvalue weighted by Gasteiger charge is -2.14. The number of aliphatic hydroxyl groups excluding tert-OH is 1. The molecule has 0 radical (unpaired) electrons. The molecule has 0 saturated heterocycles. The Kier molecular flexibility index (Phi) is 9.75. The fourth-order valence-corrected chi connectivity index (χ4v) is 3.99. The average molecular weight is 512 g/mol. The van der Waals surface area contributed by atoms with Crippen LogP contribution in [0.25, 0.3) is 10.9 Å². The Hall–Kier alpha value is -2.79. The van der Waals surface area contributed by atoms with Gasteiger partial charge in [-0.3, -0.25) is 4.72 Å². The van der Waals surface area contributed by atoms with Crippen LogP contribution in [0.15, 0.2) is 42.5 Å². The second kappa shape index (κ2) is 12.1. The van der Waals surface area contributed by atoms with Gasteiger partial charge in [0.15, 0.2) is 0 Å². The van der Waals surface area contributed by atoms with Gasteiger partial charge in [0, 0.05) is 30.2 Å². The van der Waals surface area contributed by atoms with Crippen LogP contribution in [0.3, 0.4) is 0 Å². The Morgan fingerprint density at radius 2 is 1.97 bits per heavy atom. The summed E-state index contributed by atoms with van der Waals surface area (Å²) in [6, 6.07) is 12.2. The van der Waals surface area contributed by atoms with E-state index in [9.17, 15) is 18.3 Å². The molecule has 0 aliphatic carbocycles. The van der Waals surface area contributed by atoms with Crippen LogP contribution in [0.5, 0.6) is 5.75 Å². The number of aromatic amines is 1. The average Bonchev–Trinajstić information content (AvgIpc) is 3.08. The van der Waals surface area contributed by atoms with Crippen LogP contribution in [0.2, 0.25) is 0 Å². The topological polar surface area (TPSA) is 130 Å². The van der Waals surface area contributed by atoms with Crippen molar-refractivity contribution in [3.05, 3.63) is 59.3 Å². The summed E-state index contributed by atoms with van der Waals surface area (Å²) in [7, 11) is -3.38. The summed E-state index contributed by atoms with van der Waals surface area (Å²) in [5.41, 5.74) is 3.07. The third-order valence-electron chi connectivity index (χ3n) is 4.97. The Morgan fingerprint density at radius 3 is 2.68 bits per heavy atom. The highest BCUT2D eigenvalue weighted by atomic mass is 35.5. The van der Waals surface area contributed by atoms with E-state index in [1.54, 1.807) is 31.2 Å². The number of rotatable bonds is 11. The first-order chi connectivity index (χ1) is 15.7. The van der Waals surface area contributed by atoms with E-state index < -0.39 is 16.1 Å². The van der Waals surface area contributed by atoms with Crippen molar-refractivity contribution in [2.24, 2.45) is 0 Å². The number of carbonyl (C=O) groups excluding carboxylic acids is 1. The highest BCUT2D eigenvalue weighted by Crippen LogP contribution is 2.26. The number of aliphatic hydroxyl groups is 1. The third kappa shape index (κ3) is 7.36. The molecule has 34 heavy (non-hydrogen) atoms. The fourth-order valence-electron chi connectivity index (χ4n) is 3.44. The van der Waals surface area contributed by atoms with Gasteiger partial charge in [-0.05, 0) is 49.2 Å². The summed E-state index contributed by atoms with van der Waals surface area (Å²) in [6.07, 6.45) is 0.275. The van der Waals surface area contributed by atoms with Crippen molar-refractivity contribution in [3.8, 4) is 5.75 Å². The van der Waals surface area contributed by atoms with Gasteiger partial charge in [0.2, 0.25) is 10.0 Å². The van der Waals surface area contributed by atoms with Gasteiger partial charge in [-0.2, -0.15) is 0 Å². The number of esters is 1. The third-order valence-corrected chi connectivity index (χ3v) is 5.58. The summed E-state index contributed by atoms with van der Waals surface area (Å²) in [5.74, 6) is 0.273. The van der Waals surface area contributed by atoms with E-state index >= 15 is 0 Å². The molecule has 9 nitrogen and oxygen atoms in total. The number of hydrogen-bond acceptors (Lipinski definition) is 7. The lowest BCUT2D eigenvalue weighted by Crippen LogP contribution is -2.26. The van der Waals surface area contributed by atoms with Gasteiger partial charge in [-0.25, -0.2) is 13.2 Å². The summed E-state index contributed by atoms with van der Waals surface area (Å²) in [4.78, 5) is 15.2. The maximum atomic E-state index is 12.1. The van der Waals surface area contributed by atoms with Crippen LogP contribution in [-0.2, 0) is 14.8 Å². The molecule has 0 unspecified atom stereocenters. The van der Waals surface area contributed by atoms with Crippen LogP contribution in [-0.4, -0.2) is 57.0 Å². The Balaban J connectivity index is 0.00000408. The van der Waals surface area contributed by atoms with Crippen molar-refractivity contribution in [2.75, 3.05) is 37.3 Å². The number of fused-ring (bicyclic) bond motifs is 1. The summed E-state index contributed by atoms with van der Waals surface area (Å²) in [5, 5.41) is 14.4. The molecule has 1 aromatic heterocycles. The van der Waals surface area contributed by atoms with Crippen molar-refractivity contribution >= 4 is 45.0 Å². The molecule has 4 N–H and O–H groups in total. The van der Waals surface area contributed by atoms with E-state index in [2.05, 4.69) is 15.0 Å². The molecule has 11 heteroatoms. The van der Waals surface area contributed by atoms with E-state index in [1.165, 1.54) is 0 Å². The van der Waals surface area contributed by atoms with E-state index in [0.29, 0.717) is 42.5 Å². The largest absolute Gasteiger partial charge is 0.492 e. The SMILES string of the molecule is CCOC(=O)c1[nH]c2cc(OCCNC[C@H](O)c3cccc(NS(C)(=O)=O)c3)ccc2c1C.Cl. The number of ether oxygens (including phenoxy) is 2. The van der Waals surface area contributed by atoms with Gasteiger partial charge in [-0.15, -0.1) is 12.4 Å². The summed E-state index contributed by atoms with van der Waals surface area (Å²) in [6.45, 7) is 5.10. The number of sulfonamides is 1. The molecule has 186 valence electrons. The number of nitrogens with one attached hydrogen (secondary N) is 3. The first kappa shape index (κ1) is 27.5. The number of carbonyl (C=O) groups is 1. The van der Waals surface area contributed by atoms with Crippen LogP contribution in [0, 0.1) is 6.92 Å². The zero-order valence-corrected chi connectivity index (χ0v) is 20.9. The molecule has 1 heterocycles. The van der Waals surface area contributed by atoms with Crippen LogP contribution in [0.1, 0.15) is 34.6 Å². The number of halogens is 1. The van der Waals surface area contributed by atoms with Crippen LogP contribution >= 0.6 is 12.4 Å². The molecule has 0 amide bonds. The zero-order chi connectivity index (χ0) is 24.0. The number of aromatic nitrogens is 1. The quantitative estimate of drug-likeness (QED) is 0.230. The van der Waals surface area contributed by atoms with Gasteiger partial charge >= 0.3 is 5.97 Å². The minimum absolute atomic E-state index is 0. The Labute approximate surface area is 205 Å². The van der Waals surface area contributed by atoms with Crippen LogP contribution < -0.4 is 14.8 Å². The van der Waals surface area contributed by atoms with Gasteiger partial charge in [0.1, 0.15) is 18.1 Å². The van der Waals surface area contributed by atoms with E-state index in [-0.39, 0.29) is 24.9 Å². The lowest BCUT2D eigenvalue weighted by molar-refractivity contribution is 0.0519. The highest BCUT2D eigenvalue weighted by Gasteiger charge is 2.16. The molecule has 3 rings (SSSR count). The minimum Gasteiger partial charge on any atom is -0.492 e. The molecule has 0 fully saturated rings. The molecular formula is C23H30ClN3O6S. The van der Waals surface area contributed by atoms with Gasteiger partial charge in [-0.1, -0.05) is 12.1 Å². The second-order valence-electron chi connectivity index (χ2n) is 7.62. The van der Waals surface area contributed by atoms with Crippen LogP contribution in [0.4, 0.5) is 5.69 Å². The molecular weight excluding hydrogens is 482 g/mol. The molecule has 0 aliphatic heterocycles. The number of anilines is 1. The lowest BCUT2D eigenvalue weighted by atomic mass is 10.1.